The van der Waals surface area contributed by atoms with Crippen molar-refractivity contribution < 1.29 is 9.53 Å². The molecule has 1 heterocycles. The van der Waals surface area contributed by atoms with Crippen molar-refractivity contribution in [2.24, 2.45) is 5.73 Å². The van der Waals surface area contributed by atoms with Gasteiger partial charge in [-0.1, -0.05) is 12.1 Å². The van der Waals surface area contributed by atoms with Crippen LogP contribution in [0, 0.1) is 0 Å². The van der Waals surface area contributed by atoms with Crippen LogP contribution in [0.15, 0.2) is 12.1 Å². The number of benzene rings is 1. The molecule has 0 radical (unpaired) electrons. The molecule has 14 heavy (non-hydrogen) atoms. The Morgan fingerprint density at radius 2 is 2.07 bits per heavy atom. The predicted molar refractivity (Wildman–Crippen MR) is 51.2 cm³/mol. The predicted octanol–water partition coefficient (Wildman–Crippen LogP) is 0.574. The molecule has 1 aliphatic heterocycles. The first-order valence-electron chi connectivity index (χ1n) is 4.84. The van der Waals surface area contributed by atoms with Crippen LogP contribution in [0.5, 0.6) is 5.75 Å². The summed E-state index contributed by atoms with van der Waals surface area (Å²) in [6.07, 6.45) is 2.16. The molecular formula is C11H11NO2. The summed E-state index contributed by atoms with van der Waals surface area (Å²) in [5.41, 5.74) is 9.28. The monoisotopic (exact) mass is 189 g/mol. The van der Waals surface area contributed by atoms with Gasteiger partial charge in [0.1, 0.15) is 5.75 Å². The van der Waals surface area contributed by atoms with E-state index in [2.05, 4.69) is 6.07 Å². The summed E-state index contributed by atoms with van der Waals surface area (Å²) in [7, 11) is 0. The van der Waals surface area contributed by atoms with E-state index in [1.54, 1.807) is 0 Å². The molecule has 0 saturated carbocycles. The van der Waals surface area contributed by atoms with E-state index in [1.807, 2.05) is 6.07 Å². The van der Waals surface area contributed by atoms with Gasteiger partial charge in [-0.2, -0.15) is 0 Å². The normalized spacial score (nSPS) is 23.2. The zero-order valence-corrected chi connectivity index (χ0v) is 7.75. The molecule has 1 aliphatic carbocycles. The minimum Gasteiger partial charge on any atom is -0.426 e. The van der Waals surface area contributed by atoms with Gasteiger partial charge < -0.3 is 10.5 Å². The fraction of sp³-hybridized carbons (Fsp3) is 0.364. The zero-order chi connectivity index (χ0) is 9.71. The van der Waals surface area contributed by atoms with Crippen LogP contribution in [-0.4, -0.2) is 12.0 Å². The van der Waals surface area contributed by atoms with Crippen LogP contribution in [-0.2, 0) is 24.1 Å². The highest BCUT2D eigenvalue weighted by atomic mass is 16.5. The molecule has 2 aliphatic rings. The lowest BCUT2D eigenvalue weighted by atomic mass is 10.0. The van der Waals surface area contributed by atoms with Crippen molar-refractivity contribution in [2.45, 2.75) is 25.3 Å². The van der Waals surface area contributed by atoms with Crippen molar-refractivity contribution >= 4 is 5.97 Å². The van der Waals surface area contributed by atoms with E-state index in [4.69, 9.17) is 10.5 Å². The lowest BCUT2D eigenvalue weighted by Gasteiger charge is -2.04. The fourth-order valence-electron chi connectivity index (χ4n) is 2.32. The number of hydrogen-bond donors (Lipinski definition) is 1. The average molecular weight is 189 g/mol. The molecule has 1 aromatic carbocycles. The number of nitrogens with two attached hydrogens (primary N) is 1. The minimum atomic E-state index is -0.145. The molecule has 1 aromatic rings. The van der Waals surface area contributed by atoms with Crippen molar-refractivity contribution in [3.8, 4) is 5.75 Å². The number of ether oxygens (including phenoxy) is 1. The summed E-state index contributed by atoms with van der Waals surface area (Å²) in [6, 6.07) is 4.25. The van der Waals surface area contributed by atoms with Crippen molar-refractivity contribution in [2.75, 3.05) is 0 Å². The van der Waals surface area contributed by atoms with Crippen molar-refractivity contribution in [1.29, 1.82) is 0 Å². The summed E-state index contributed by atoms with van der Waals surface area (Å²) in [6.45, 7) is 0. The molecule has 2 N–H and O–H groups in total. The molecule has 0 fully saturated rings. The van der Waals surface area contributed by atoms with Gasteiger partial charge in [-0.25, -0.2) is 0 Å². The number of fused-ring (bicyclic) bond motifs is 3. The molecule has 0 aromatic heterocycles. The Hall–Kier alpha value is -1.35. The van der Waals surface area contributed by atoms with Crippen molar-refractivity contribution in [3.05, 3.63) is 28.8 Å². The topological polar surface area (TPSA) is 52.3 Å². The average Bonchev–Trinajstić information content (AvgIpc) is 2.65. The number of hydrogen-bond acceptors (Lipinski definition) is 3. The highest BCUT2D eigenvalue weighted by Crippen LogP contribution is 2.36. The molecule has 72 valence electrons. The number of esters is 1. The Kier molecular flexibility index (Phi) is 1.47. The highest BCUT2D eigenvalue weighted by molar-refractivity contribution is 5.82. The fourth-order valence-corrected chi connectivity index (χ4v) is 2.32. The second kappa shape index (κ2) is 2.58. The van der Waals surface area contributed by atoms with E-state index in [1.165, 1.54) is 5.56 Å². The molecule has 0 spiro atoms. The van der Waals surface area contributed by atoms with Crippen molar-refractivity contribution in [3.63, 3.8) is 0 Å². The van der Waals surface area contributed by atoms with Crippen LogP contribution in [0.2, 0.25) is 0 Å². The maximum Gasteiger partial charge on any atom is 0.315 e. The number of rotatable bonds is 0. The van der Waals surface area contributed by atoms with Gasteiger partial charge in [0.2, 0.25) is 0 Å². The molecule has 0 amide bonds. The number of carbonyl (C=O) groups is 1. The Bertz CT molecular complexity index is 426. The molecule has 0 bridgehead atoms. The molecule has 3 nitrogen and oxygen atoms in total. The quantitative estimate of drug-likeness (QED) is 0.479. The van der Waals surface area contributed by atoms with Gasteiger partial charge in [-0.15, -0.1) is 0 Å². The van der Waals surface area contributed by atoms with Crippen LogP contribution in [0.25, 0.3) is 0 Å². The summed E-state index contributed by atoms with van der Waals surface area (Å²) in [5.74, 6) is 0.648. The second-order valence-electron chi connectivity index (χ2n) is 4.01. The molecule has 0 saturated heterocycles. The third kappa shape index (κ3) is 0.990. The van der Waals surface area contributed by atoms with E-state index >= 15 is 0 Å². The first-order valence-corrected chi connectivity index (χ1v) is 4.84. The third-order valence-electron chi connectivity index (χ3n) is 2.94. The van der Waals surface area contributed by atoms with Crippen molar-refractivity contribution in [1.82, 2.24) is 0 Å². The van der Waals surface area contributed by atoms with Crippen LogP contribution in [0.1, 0.15) is 16.7 Å². The molecule has 1 unspecified atom stereocenters. The second-order valence-corrected chi connectivity index (χ2v) is 4.01. The van der Waals surface area contributed by atoms with Crippen LogP contribution >= 0.6 is 0 Å². The van der Waals surface area contributed by atoms with Crippen LogP contribution in [0.3, 0.4) is 0 Å². The zero-order valence-electron chi connectivity index (χ0n) is 7.75. The standard InChI is InChI=1S/C11H11NO2/c12-8-3-6-1-2-7-4-10(13)14-11(7)9(6)5-8/h1-2,8H,3-5,12H2. The molecule has 1 atom stereocenters. The summed E-state index contributed by atoms with van der Waals surface area (Å²) >= 11 is 0. The Morgan fingerprint density at radius 3 is 2.93 bits per heavy atom. The van der Waals surface area contributed by atoms with Crippen LogP contribution in [0.4, 0.5) is 0 Å². The Morgan fingerprint density at radius 1 is 1.29 bits per heavy atom. The maximum atomic E-state index is 11.1. The molecule has 3 rings (SSSR count). The first kappa shape index (κ1) is 8.00. The molecule has 3 heteroatoms. The summed E-state index contributed by atoms with van der Waals surface area (Å²) in [5, 5.41) is 0. The van der Waals surface area contributed by atoms with E-state index in [0.29, 0.717) is 6.42 Å². The third-order valence-corrected chi connectivity index (χ3v) is 2.94. The molecular weight excluding hydrogens is 178 g/mol. The van der Waals surface area contributed by atoms with Crippen LogP contribution < -0.4 is 10.5 Å². The van der Waals surface area contributed by atoms with E-state index in [9.17, 15) is 4.79 Å². The summed E-state index contributed by atoms with van der Waals surface area (Å²) in [4.78, 5) is 11.1. The smallest absolute Gasteiger partial charge is 0.315 e. The largest absolute Gasteiger partial charge is 0.426 e. The van der Waals surface area contributed by atoms with E-state index in [-0.39, 0.29) is 12.0 Å². The SMILES string of the molecule is NC1Cc2ccc3c(c2C1)OC(=O)C3. The first-order chi connectivity index (χ1) is 6.74. The Labute approximate surface area is 81.9 Å². The summed E-state index contributed by atoms with van der Waals surface area (Å²) < 4.78 is 5.20. The lowest BCUT2D eigenvalue weighted by Crippen LogP contribution is -2.19. The lowest BCUT2D eigenvalue weighted by molar-refractivity contribution is -0.131. The van der Waals surface area contributed by atoms with E-state index < -0.39 is 0 Å². The van der Waals surface area contributed by atoms with Gasteiger partial charge in [-0.05, 0) is 18.4 Å². The maximum absolute atomic E-state index is 11.1. The van der Waals surface area contributed by atoms with Gasteiger partial charge in [-0.3, -0.25) is 4.79 Å². The number of carbonyl (C=O) groups excluding carboxylic acids is 1. The van der Waals surface area contributed by atoms with E-state index in [0.717, 1.165) is 29.7 Å². The van der Waals surface area contributed by atoms with Gasteiger partial charge in [0.05, 0.1) is 6.42 Å². The van der Waals surface area contributed by atoms with Gasteiger partial charge >= 0.3 is 5.97 Å². The Balaban J connectivity index is 2.15. The highest BCUT2D eigenvalue weighted by Gasteiger charge is 2.29. The van der Waals surface area contributed by atoms with Gasteiger partial charge in [0.25, 0.3) is 0 Å². The minimum absolute atomic E-state index is 0.145. The van der Waals surface area contributed by atoms with Gasteiger partial charge in [0.15, 0.2) is 0 Å². The van der Waals surface area contributed by atoms with Gasteiger partial charge in [0, 0.05) is 17.2 Å².